The molecule has 4 aromatic carbocycles. The largest absolute Gasteiger partial charge is 0.506 e. The number of nitrogens with one attached hydrogen (secondary N) is 2. The zero-order chi connectivity index (χ0) is 36.0. The van der Waals surface area contributed by atoms with Crippen molar-refractivity contribution in [3.8, 4) is 23.0 Å². The number of alkyl halides is 6. The number of halogens is 6. The van der Waals surface area contributed by atoms with Crippen molar-refractivity contribution in [2.75, 3.05) is 24.9 Å². The Kier molecular flexibility index (Phi) is 10.7. The van der Waals surface area contributed by atoms with E-state index in [0.29, 0.717) is 59.0 Å². The summed E-state index contributed by atoms with van der Waals surface area (Å²) in [6.07, 6.45) is -14.8. The maximum atomic E-state index is 14.9. The Labute approximate surface area is 274 Å². The Morgan fingerprint density at radius 2 is 0.939 bits per heavy atom. The molecular weight excluding hydrogens is 666 g/mol. The molecule has 0 radical (unpaired) electrons. The van der Waals surface area contributed by atoms with Crippen molar-refractivity contribution in [2.45, 2.75) is 31.0 Å². The molecule has 2 amide bonds. The molecule has 0 atom stereocenters. The summed E-state index contributed by atoms with van der Waals surface area (Å²) >= 11 is 0. The van der Waals surface area contributed by atoms with E-state index in [1.54, 1.807) is 48.5 Å². The van der Waals surface area contributed by atoms with Gasteiger partial charge in [-0.3, -0.25) is 10.6 Å². The number of anilines is 2. The van der Waals surface area contributed by atoms with Crippen LogP contribution >= 0.6 is 0 Å². The second-order valence-corrected chi connectivity index (χ2v) is 10.3. The van der Waals surface area contributed by atoms with Crippen LogP contribution in [0.1, 0.15) is 22.3 Å². The smallest absolute Gasteiger partial charge is 0.412 e. The maximum absolute atomic E-state index is 14.9. The molecule has 0 heterocycles. The van der Waals surface area contributed by atoms with Gasteiger partial charge in [0.05, 0.1) is 25.6 Å². The van der Waals surface area contributed by atoms with E-state index in [2.05, 4.69) is 0 Å². The second-order valence-electron chi connectivity index (χ2n) is 10.3. The number of carbonyl (C=O) groups excluding carboxylic acids is 2. The van der Waals surface area contributed by atoms with E-state index in [1.165, 1.54) is 14.2 Å². The number of methoxy groups -OCH3 is 2. The first kappa shape index (κ1) is 36.0. The molecule has 4 rings (SSSR count). The first-order valence-corrected chi connectivity index (χ1v) is 14.0. The highest BCUT2D eigenvalue weighted by molar-refractivity contribution is 5.88. The van der Waals surface area contributed by atoms with Gasteiger partial charge >= 0.3 is 24.5 Å². The number of benzene rings is 4. The number of rotatable bonds is 10. The summed E-state index contributed by atoms with van der Waals surface area (Å²) in [6.45, 7) is -0.672. The molecule has 0 bridgehead atoms. The summed E-state index contributed by atoms with van der Waals surface area (Å²) in [7, 11) is 2.87. The molecule has 0 saturated heterocycles. The van der Waals surface area contributed by atoms with Crippen molar-refractivity contribution in [1.29, 1.82) is 0 Å². The Morgan fingerprint density at radius 3 is 1.24 bits per heavy atom. The van der Waals surface area contributed by atoms with Crippen LogP contribution in [0.3, 0.4) is 0 Å². The maximum Gasteiger partial charge on any atom is 0.412 e. The SMILES string of the molecule is COc1ccc(COC(=O)Nc2cc(C(c3ccc(O)c(NC(=O)OCc4ccc(OC)cc4)c3)(C(F)(F)F)C(F)(F)F)ccc2O)cc1. The highest BCUT2D eigenvalue weighted by atomic mass is 19.4. The van der Waals surface area contributed by atoms with Gasteiger partial charge in [0.25, 0.3) is 0 Å². The molecule has 0 unspecified atom stereocenters. The normalized spacial score (nSPS) is 11.8. The fourth-order valence-corrected chi connectivity index (χ4v) is 4.75. The minimum absolute atomic E-state index is 0.300. The van der Waals surface area contributed by atoms with Gasteiger partial charge in [0, 0.05) is 0 Å². The Balaban J connectivity index is 1.64. The van der Waals surface area contributed by atoms with Gasteiger partial charge in [-0.25, -0.2) is 9.59 Å². The third kappa shape index (κ3) is 8.02. The molecule has 0 aliphatic heterocycles. The van der Waals surface area contributed by atoms with E-state index in [0.717, 1.165) is 0 Å². The predicted octanol–water partition coefficient (Wildman–Crippen LogP) is 8.02. The van der Waals surface area contributed by atoms with Crippen LogP contribution < -0.4 is 20.1 Å². The van der Waals surface area contributed by atoms with Crippen LogP contribution in [0.4, 0.5) is 47.3 Å². The topological polar surface area (TPSA) is 136 Å². The molecule has 260 valence electrons. The van der Waals surface area contributed by atoms with Crippen LogP contribution in [0.2, 0.25) is 0 Å². The highest BCUT2D eigenvalue weighted by Crippen LogP contribution is 2.57. The number of ether oxygens (including phenoxy) is 4. The van der Waals surface area contributed by atoms with Gasteiger partial charge in [-0.05, 0) is 70.8 Å². The Bertz CT molecular complexity index is 1650. The average Bonchev–Trinajstić information content (AvgIpc) is 3.05. The number of amides is 2. The number of hydrogen-bond acceptors (Lipinski definition) is 8. The van der Waals surface area contributed by atoms with Gasteiger partial charge in [-0.15, -0.1) is 0 Å². The number of aromatic hydroxyl groups is 2. The molecule has 0 aliphatic carbocycles. The highest BCUT2D eigenvalue weighted by Gasteiger charge is 2.72. The molecule has 49 heavy (non-hydrogen) atoms. The summed E-state index contributed by atoms with van der Waals surface area (Å²) in [6, 6.07) is 14.9. The molecule has 16 heteroatoms. The molecule has 4 aromatic rings. The Morgan fingerprint density at radius 1 is 0.592 bits per heavy atom. The average molecular weight is 695 g/mol. The second kappa shape index (κ2) is 14.5. The number of carbonyl (C=O) groups is 2. The van der Waals surface area contributed by atoms with Gasteiger partial charge in [-0.1, -0.05) is 36.4 Å². The van der Waals surface area contributed by atoms with E-state index in [-0.39, 0.29) is 13.2 Å². The van der Waals surface area contributed by atoms with Gasteiger partial charge in [0.15, 0.2) is 0 Å². The third-order valence-corrected chi connectivity index (χ3v) is 7.24. The summed E-state index contributed by atoms with van der Waals surface area (Å²) in [5.41, 5.74) is -8.42. The van der Waals surface area contributed by atoms with Crippen molar-refractivity contribution in [3.05, 3.63) is 107 Å². The molecule has 0 spiro atoms. The van der Waals surface area contributed by atoms with Crippen molar-refractivity contribution in [2.24, 2.45) is 0 Å². The van der Waals surface area contributed by atoms with Crippen molar-refractivity contribution in [3.63, 3.8) is 0 Å². The first-order valence-electron chi connectivity index (χ1n) is 14.0. The first-order chi connectivity index (χ1) is 23.1. The van der Waals surface area contributed by atoms with Crippen LogP contribution in [0.5, 0.6) is 23.0 Å². The Hall–Kier alpha value is -5.80. The summed E-state index contributed by atoms with van der Waals surface area (Å²) < 4.78 is 109. The van der Waals surface area contributed by atoms with E-state index in [1.807, 2.05) is 10.6 Å². The lowest BCUT2D eigenvalue weighted by atomic mass is 9.72. The summed E-state index contributed by atoms with van der Waals surface area (Å²) in [5, 5.41) is 24.4. The molecule has 0 aromatic heterocycles. The number of hydrogen-bond donors (Lipinski definition) is 4. The quantitative estimate of drug-likeness (QED) is 0.0969. The lowest BCUT2D eigenvalue weighted by Gasteiger charge is -2.38. The molecule has 0 aliphatic rings. The van der Waals surface area contributed by atoms with Crippen molar-refractivity contribution < 1.29 is 65.1 Å². The fourth-order valence-electron chi connectivity index (χ4n) is 4.75. The van der Waals surface area contributed by atoms with E-state index in [9.17, 15) is 46.1 Å². The molecule has 4 N–H and O–H groups in total. The van der Waals surface area contributed by atoms with Crippen LogP contribution in [0.15, 0.2) is 84.9 Å². The van der Waals surface area contributed by atoms with Gasteiger partial charge < -0.3 is 29.2 Å². The van der Waals surface area contributed by atoms with Crippen LogP contribution in [0, 0.1) is 0 Å². The third-order valence-electron chi connectivity index (χ3n) is 7.24. The monoisotopic (exact) mass is 694 g/mol. The summed E-state index contributed by atoms with van der Waals surface area (Å²) in [4.78, 5) is 24.9. The van der Waals surface area contributed by atoms with Crippen LogP contribution in [0.25, 0.3) is 0 Å². The van der Waals surface area contributed by atoms with E-state index in [4.69, 9.17) is 18.9 Å². The van der Waals surface area contributed by atoms with Gasteiger partial charge in [-0.2, -0.15) is 26.3 Å². The van der Waals surface area contributed by atoms with Crippen molar-refractivity contribution in [1.82, 2.24) is 0 Å². The van der Waals surface area contributed by atoms with Crippen molar-refractivity contribution >= 4 is 23.6 Å². The fraction of sp³-hybridized carbons (Fsp3) is 0.212. The number of phenolic OH excluding ortho intramolecular Hbond substituents is 2. The van der Waals surface area contributed by atoms with E-state index < -0.39 is 64.0 Å². The predicted molar refractivity (Wildman–Crippen MR) is 163 cm³/mol. The standard InChI is InChI=1S/C33H28F6N2O8/c1-46-23-9-3-19(4-10-23)17-48-29(44)40-25-15-21(7-13-27(25)42)31(32(34,35)36,33(37,38)39)22-8-14-28(43)26(16-22)41-30(45)49-18-20-5-11-24(47-2)12-6-20/h3-16,42-43H,17-18H2,1-2H3,(H,40,44)(H,41,45). The molecule has 0 fully saturated rings. The minimum Gasteiger partial charge on any atom is -0.506 e. The van der Waals surface area contributed by atoms with Crippen LogP contribution in [-0.4, -0.2) is 49.0 Å². The summed E-state index contributed by atoms with van der Waals surface area (Å²) in [5.74, 6) is -0.713. The lowest BCUT2D eigenvalue weighted by molar-refractivity contribution is -0.288. The van der Waals surface area contributed by atoms with Crippen LogP contribution in [-0.2, 0) is 28.1 Å². The minimum atomic E-state index is -6.10. The van der Waals surface area contributed by atoms with Gasteiger partial charge in [0.1, 0.15) is 36.2 Å². The van der Waals surface area contributed by atoms with E-state index >= 15 is 0 Å². The number of phenols is 2. The molecule has 0 saturated carbocycles. The molecule has 10 nitrogen and oxygen atoms in total. The zero-order valence-corrected chi connectivity index (χ0v) is 25.6. The van der Waals surface area contributed by atoms with Gasteiger partial charge in [0.2, 0.25) is 5.41 Å². The molecular formula is C33H28F6N2O8. The zero-order valence-electron chi connectivity index (χ0n) is 25.6. The lowest BCUT2D eigenvalue weighted by Crippen LogP contribution is -2.54.